The highest BCUT2D eigenvalue weighted by atomic mass is 19.1. The summed E-state index contributed by atoms with van der Waals surface area (Å²) in [7, 11) is 0. The van der Waals surface area contributed by atoms with Crippen molar-refractivity contribution in [1.29, 1.82) is 0 Å². The Hall–Kier alpha value is -1.62. The van der Waals surface area contributed by atoms with Gasteiger partial charge < -0.3 is 15.7 Å². The largest absolute Gasteiger partial charge is 0.388 e. The number of carbonyl (C=O) groups is 1. The Morgan fingerprint density at radius 1 is 1.50 bits per heavy atom. The number of aliphatic hydroxyl groups is 1. The molecule has 5 heteroatoms. The van der Waals surface area contributed by atoms with Crippen molar-refractivity contribution in [2.75, 3.05) is 6.54 Å². The maximum atomic E-state index is 13.3. The Balaban J connectivity index is 1.96. The van der Waals surface area contributed by atoms with Crippen LogP contribution < -0.4 is 10.6 Å². The van der Waals surface area contributed by atoms with Gasteiger partial charge in [-0.05, 0) is 55.4 Å². The van der Waals surface area contributed by atoms with Gasteiger partial charge in [0.2, 0.25) is 0 Å². The zero-order valence-electron chi connectivity index (χ0n) is 13.4. The van der Waals surface area contributed by atoms with Crippen molar-refractivity contribution in [3.05, 3.63) is 35.1 Å². The van der Waals surface area contributed by atoms with E-state index in [0.29, 0.717) is 0 Å². The number of benzene rings is 1. The molecule has 1 aliphatic carbocycles. The minimum Gasteiger partial charge on any atom is -0.388 e. The molecule has 1 aromatic carbocycles. The van der Waals surface area contributed by atoms with E-state index in [1.54, 1.807) is 19.1 Å². The lowest BCUT2D eigenvalue weighted by Gasteiger charge is -2.30. The van der Waals surface area contributed by atoms with E-state index in [4.69, 9.17) is 0 Å². The van der Waals surface area contributed by atoms with Crippen molar-refractivity contribution in [1.82, 2.24) is 10.6 Å². The van der Waals surface area contributed by atoms with Gasteiger partial charge in [0.1, 0.15) is 5.82 Å². The van der Waals surface area contributed by atoms with Crippen LogP contribution in [0.25, 0.3) is 0 Å². The van der Waals surface area contributed by atoms with Crippen LogP contribution in [-0.2, 0) is 6.42 Å². The third-order valence-electron chi connectivity index (χ3n) is 4.58. The van der Waals surface area contributed by atoms with Crippen molar-refractivity contribution < 1.29 is 14.3 Å². The molecule has 1 aromatic rings. The first-order valence-corrected chi connectivity index (χ1v) is 7.84. The number of aryl methyl sites for hydroxylation is 1. The number of hydrogen-bond acceptors (Lipinski definition) is 2. The Bertz CT molecular complexity index is 543. The monoisotopic (exact) mass is 308 g/mol. The van der Waals surface area contributed by atoms with Crippen LogP contribution in [0.5, 0.6) is 0 Å². The average Bonchev–Trinajstić information content (AvgIpc) is 2.45. The molecule has 2 rings (SSSR count). The predicted octanol–water partition coefficient (Wildman–Crippen LogP) is 2.91. The molecule has 0 radical (unpaired) electrons. The molecule has 0 aromatic heterocycles. The van der Waals surface area contributed by atoms with Crippen LogP contribution in [0.4, 0.5) is 9.18 Å². The molecule has 2 amide bonds. The minimum absolute atomic E-state index is 0.0474. The van der Waals surface area contributed by atoms with Crippen molar-refractivity contribution in [3.63, 3.8) is 0 Å². The van der Waals surface area contributed by atoms with Crippen molar-refractivity contribution in [2.24, 2.45) is 5.92 Å². The number of nitrogens with one attached hydrogen (secondary N) is 2. The summed E-state index contributed by atoms with van der Waals surface area (Å²) in [6.45, 7) is 5.72. The molecule has 0 spiro atoms. The van der Waals surface area contributed by atoms with Gasteiger partial charge in [-0.1, -0.05) is 19.9 Å². The van der Waals surface area contributed by atoms with E-state index in [1.165, 1.54) is 6.07 Å². The highest BCUT2D eigenvalue weighted by Crippen LogP contribution is 2.30. The summed E-state index contributed by atoms with van der Waals surface area (Å²) in [5, 5.41) is 15.8. The summed E-state index contributed by atoms with van der Waals surface area (Å²) < 4.78 is 13.3. The fourth-order valence-corrected chi connectivity index (χ4v) is 2.61. The van der Waals surface area contributed by atoms with Gasteiger partial charge in [0.15, 0.2) is 0 Å². The molecule has 3 N–H and O–H groups in total. The van der Waals surface area contributed by atoms with E-state index < -0.39 is 5.60 Å². The van der Waals surface area contributed by atoms with Crippen LogP contribution in [0.15, 0.2) is 18.2 Å². The maximum Gasteiger partial charge on any atom is 0.315 e. The zero-order valence-corrected chi connectivity index (χ0v) is 13.4. The van der Waals surface area contributed by atoms with Gasteiger partial charge in [-0.15, -0.1) is 0 Å². The highest BCUT2D eigenvalue weighted by molar-refractivity contribution is 5.74. The minimum atomic E-state index is -0.940. The smallest absolute Gasteiger partial charge is 0.315 e. The van der Waals surface area contributed by atoms with Gasteiger partial charge in [0.05, 0.1) is 11.6 Å². The van der Waals surface area contributed by atoms with Gasteiger partial charge >= 0.3 is 6.03 Å². The molecule has 0 aliphatic heterocycles. The highest BCUT2D eigenvalue weighted by Gasteiger charge is 2.27. The van der Waals surface area contributed by atoms with Gasteiger partial charge in [0.25, 0.3) is 0 Å². The predicted molar refractivity (Wildman–Crippen MR) is 84.1 cm³/mol. The number of fused-ring (bicyclic) bond motifs is 1. The molecule has 0 bridgehead atoms. The molecule has 4 nitrogen and oxygen atoms in total. The van der Waals surface area contributed by atoms with Crippen molar-refractivity contribution >= 4 is 6.03 Å². The fraction of sp³-hybridized carbons (Fsp3) is 0.588. The van der Waals surface area contributed by atoms with Crippen molar-refractivity contribution in [3.8, 4) is 0 Å². The summed E-state index contributed by atoms with van der Waals surface area (Å²) in [5.74, 6) is -0.192. The van der Waals surface area contributed by atoms with Crippen LogP contribution in [0, 0.1) is 11.7 Å². The normalized spacial score (nSPS) is 20.2. The van der Waals surface area contributed by atoms with E-state index in [-0.39, 0.29) is 30.4 Å². The maximum absolute atomic E-state index is 13.3. The standard InChI is InChI=1S/C17H25FN2O2/c1-11(2)17(3,22)10-19-16(21)20-15-6-4-5-12-9-13(18)7-8-14(12)15/h7-9,11,15,22H,4-6,10H2,1-3H3,(H2,19,20,21). The van der Waals surface area contributed by atoms with Crippen LogP contribution in [-0.4, -0.2) is 23.3 Å². The molecule has 2 atom stereocenters. The Kier molecular flexibility index (Phi) is 5.06. The number of hydrogen-bond donors (Lipinski definition) is 3. The van der Waals surface area contributed by atoms with E-state index in [9.17, 15) is 14.3 Å². The third kappa shape index (κ3) is 3.97. The Morgan fingerprint density at radius 3 is 2.91 bits per heavy atom. The average molecular weight is 308 g/mol. The molecule has 0 fully saturated rings. The Morgan fingerprint density at radius 2 is 2.23 bits per heavy atom. The first kappa shape index (κ1) is 16.7. The molecule has 0 saturated carbocycles. The van der Waals surface area contributed by atoms with Crippen molar-refractivity contribution in [2.45, 2.75) is 51.7 Å². The van der Waals surface area contributed by atoms with E-state index in [1.807, 2.05) is 13.8 Å². The molecule has 2 unspecified atom stereocenters. The Labute approximate surface area is 131 Å². The first-order chi connectivity index (χ1) is 10.3. The molecule has 22 heavy (non-hydrogen) atoms. The second kappa shape index (κ2) is 6.65. The topological polar surface area (TPSA) is 61.4 Å². The summed E-state index contributed by atoms with van der Waals surface area (Å²) in [4.78, 5) is 12.0. The summed E-state index contributed by atoms with van der Waals surface area (Å²) in [6.07, 6.45) is 2.60. The SMILES string of the molecule is CC(C)C(C)(O)CNC(=O)NC1CCCc2cc(F)ccc21. The number of carbonyl (C=O) groups excluding carboxylic acids is 1. The van der Waals surface area contributed by atoms with Gasteiger partial charge in [-0.25, -0.2) is 9.18 Å². The zero-order chi connectivity index (χ0) is 16.3. The lowest BCUT2D eigenvalue weighted by atomic mass is 9.87. The van der Waals surface area contributed by atoms with Crippen LogP contribution in [0.3, 0.4) is 0 Å². The summed E-state index contributed by atoms with van der Waals surface area (Å²) in [6, 6.07) is 4.32. The van der Waals surface area contributed by atoms with E-state index in [0.717, 1.165) is 30.4 Å². The summed E-state index contributed by atoms with van der Waals surface area (Å²) >= 11 is 0. The molecular formula is C17H25FN2O2. The number of halogens is 1. The van der Waals surface area contributed by atoms with E-state index in [2.05, 4.69) is 10.6 Å². The first-order valence-electron chi connectivity index (χ1n) is 7.84. The number of rotatable bonds is 4. The van der Waals surface area contributed by atoms with Gasteiger partial charge in [-0.3, -0.25) is 0 Å². The molecule has 0 saturated heterocycles. The molecule has 1 aliphatic rings. The van der Waals surface area contributed by atoms with Crippen LogP contribution in [0.1, 0.15) is 50.8 Å². The van der Waals surface area contributed by atoms with Gasteiger partial charge in [-0.2, -0.15) is 0 Å². The number of amides is 2. The number of urea groups is 1. The molecule has 0 heterocycles. The second-order valence-corrected chi connectivity index (χ2v) is 6.63. The quantitative estimate of drug-likeness (QED) is 0.801. The van der Waals surface area contributed by atoms with Crippen LogP contribution >= 0.6 is 0 Å². The molecular weight excluding hydrogens is 283 g/mol. The third-order valence-corrected chi connectivity index (χ3v) is 4.58. The fourth-order valence-electron chi connectivity index (χ4n) is 2.61. The lowest BCUT2D eigenvalue weighted by molar-refractivity contribution is 0.0165. The van der Waals surface area contributed by atoms with Crippen LogP contribution in [0.2, 0.25) is 0 Å². The molecule has 122 valence electrons. The lowest BCUT2D eigenvalue weighted by Crippen LogP contribution is -2.48. The summed E-state index contributed by atoms with van der Waals surface area (Å²) in [5.41, 5.74) is 1.01. The van der Waals surface area contributed by atoms with Gasteiger partial charge in [0, 0.05) is 6.54 Å². The second-order valence-electron chi connectivity index (χ2n) is 6.63. The van der Waals surface area contributed by atoms with E-state index >= 15 is 0 Å².